The summed E-state index contributed by atoms with van der Waals surface area (Å²) in [7, 11) is 0. The molecule has 0 aliphatic heterocycles. The molecule has 0 bridgehead atoms. The maximum atomic E-state index is 6.02. The zero-order valence-corrected chi connectivity index (χ0v) is 14.3. The molecule has 0 saturated heterocycles. The summed E-state index contributed by atoms with van der Waals surface area (Å²) in [5, 5.41) is 5.03. The molecule has 0 heterocycles. The molecule has 4 heteroatoms. The van der Waals surface area contributed by atoms with Crippen LogP contribution in [-0.4, -0.2) is 0 Å². The van der Waals surface area contributed by atoms with E-state index in [0.29, 0.717) is 5.02 Å². The van der Waals surface area contributed by atoms with Crippen molar-refractivity contribution in [2.45, 2.75) is 25.8 Å². The van der Waals surface area contributed by atoms with Crippen molar-refractivity contribution < 1.29 is 0 Å². The van der Waals surface area contributed by atoms with Crippen LogP contribution < -0.4 is 5.32 Å². The van der Waals surface area contributed by atoms with Crippen molar-refractivity contribution in [2.24, 2.45) is 0 Å². The van der Waals surface area contributed by atoms with Crippen molar-refractivity contribution in [3.05, 3.63) is 62.5 Å². The zero-order chi connectivity index (χ0) is 14.5. The molecule has 2 aromatic carbocycles. The maximum Gasteiger partial charge on any atom is 0.0549 e. The summed E-state index contributed by atoms with van der Waals surface area (Å²) in [6.07, 6.45) is 2.16. The van der Waals surface area contributed by atoms with Crippen molar-refractivity contribution >= 4 is 44.8 Å². The van der Waals surface area contributed by atoms with Gasteiger partial charge in [0.05, 0.1) is 11.1 Å². The Morgan fingerprint density at radius 3 is 2.40 bits per heavy atom. The molecule has 1 atom stereocenters. The molecule has 106 valence electrons. The van der Waals surface area contributed by atoms with Crippen molar-refractivity contribution in [1.29, 1.82) is 0 Å². The molecule has 1 N–H and O–H groups in total. The Labute approximate surface area is 138 Å². The Morgan fingerprint density at radius 2 is 1.80 bits per heavy atom. The Hall–Kier alpha value is -0.700. The van der Waals surface area contributed by atoms with E-state index in [2.05, 4.69) is 40.3 Å². The third kappa shape index (κ3) is 4.15. The summed E-state index contributed by atoms with van der Waals surface area (Å²) >= 11 is 15.4. The van der Waals surface area contributed by atoms with Crippen LogP contribution in [0.1, 0.15) is 31.4 Å². The molecule has 0 aromatic heterocycles. The highest BCUT2D eigenvalue weighted by Crippen LogP contribution is 2.29. The molecule has 2 aromatic rings. The SMILES string of the molecule is CCCC(Nc1ccc(Cl)c(Br)c1)c1ccc(Cl)cc1. The van der Waals surface area contributed by atoms with Gasteiger partial charge >= 0.3 is 0 Å². The molecule has 0 spiro atoms. The molecule has 2 rings (SSSR count). The van der Waals surface area contributed by atoms with Crippen LogP contribution in [-0.2, 0) is 0 Å². The lowest BCUT2D eigenvalue weighted by molar-refractivity contribution is 0.677. The van der Waals surface area contributed by atoms with Crippen molar-refractivity contribution in [2.75, 3.05) is 5.32 Å². The molecule has 20 heavy (non-hydrogen) atoms. The molecule has 0 aliphatic carbocycles. The van der Waals surface area contributed by atoms with E-state index < -0.39 is 0 Å². The Bertz CT molecular complexity index is 569. The first kappa shape index (κ1) is 15.7. The second kappa shape index (κ2) is 7.35. The van der Waals surface area contributed by atoms with Gasteiger partial charge in [-0.15, -0.1) is 0 Å². The van der Waals surface area contributed by atoms with Gasteiger partial charge in [-0.2, -0.15) is 0 Å². The molecular formula is C16H16BrCl2N. The second-order valence-corrected chi connectivity index (χ2v) is 6.36. The summed E-state index contributed by atoms with van der Waals surface area (Å²) in [5.74, 6) is 0. The predicted molar refractivity (Wildman–Crippen MR) is 91.9 cm³/mol. The zero-order valence-electron chi connectivity index (χ0n) is 11.2. The van der Waals surface area contributed by atoms with E-state index in [1.54, 1.807) is 0 Å². The van der Waals surface area contributed by atoms with Crippen LogP contribution in [0, 0.1) is 0 Å². The number of nitrogens with one attached hydrogen (secondary N) is 1. The molecule has 0 saturated carbocycles. The fraction of sp³-hybridized carbons (Fsp3) is 0.250. The third-order valence-corrected chi connectivity index (χ3v) is 4.58. The van der Waals surface area contributed by atoms with Crippen LogP contribution >= 0.6 is 39.1 Å². The van der Waals surface area contributed by atoms with Crippen LogP contribution in [0.5, 0.6) is 0 Å². The highest BCUT2D eigenvalue weighted by Gasteiger charge is 2.11. The normalized spacial score (nSPS) is 12.2. The molecular weight excluding hydrogens is 357 g/mol. The lowest BCUT2D eigenvalue weighted by Crippen LogP contribution is -2.10. The molecule has 1 unspecified atom stereocenters. The first-order valence-corrected chi connectivity index (χ1v) is 8.12. The Kier molecular flexibility index (Phi) is 5.76. The minimum atomic E-state index is 0.269. The minimum absolute atomic E-state index is 0.269. The number of hydrogen-bond donors (Lipinski definition) is 1. The van der Waals surface area contributed by atoms with Gasteiger partial charge in [-0.3, -0.25) is 0 Å². The van der Waals surface area contributed by atoms with E-state index in [9.17, 15) is 0 Å². The third-order valence-electron chi connectivity index (χ3n) is 3.11. The number of rotatable bonds is 5. The topological polar surface area (TPSA) is 12.0 Å². The lowest BCUT2D eigenvalue weighted by Gasteiger charge is -2.20. The average Bonchev–Trinajstić information content (AvgIpc) is 2.43. The number of halogens is 3. The highest BCUT2D eigenvalue weighted by atomic mass is 79.9. The van der Waals surface area contributed by atoms with Crippen LogP contribution in [0.3, 0.4) is 0 Å². The smallest absolute Gasteiger partial charge is 0.0549 e. The van der Waals surface area contributed by atoms with Gasteiger partial charge in [-0.05, 0) is 58.2 Å². The first-order chi connectivity index (χ1) is 9.60. The molecule has 0 amide bonds. The van der Waals surface area contributed by atoms with E-state index in [-0.39, 0.29) is 6.04 Å². The van der Waals surface area contributed by atoms with Crippen LogP contribution in [0.4, 0.5) is 5.69 Å². The fourth-order valence-corrected chi connectivity index (χ4v) is 2.72. The standard InChI is InChI=1S/C16H16BrCl2N/c1-2-3-16(11-4-6-12(18)7-5-11)20-13-8-9-15(19)14(17)10-13/h4-10,16,20H,2-3H2,1H3. The monoisotopic (exact) mass is 371 g/mol. The summed E-state index contributed by atoms with van der Waals surface area (Å²) in [6, 6.07) is 14.1. The lowest BCUT2D eigenvalue weighted by atomic mass is 10.0. The van der Waals surface area contributed by atoms with Crippen LogP contribution in [0.25, 0.3) is 0 Å². The average molecular weight is 373 g/mol. The highest BCUT2D eigenvalue weighted by molar-refractivity contribution is 9.10. The quantitative estimate of drug-likeness (QED) is 0.614. The van der Waals surface area contributed by atoms with Gasteiger partial charge in [0, 0.05) is 15.2 Å². The van der Waals surface area contributed by atoms with Gasteiger partial charge in [-0.25, -0.2) is 0 Å². The largest absolute Gasteiger partial charge is 0.378 e. The fourth-order valence-electron chi connectivity index (χ4n) is 2.09. The van der Waals surface area contributed by atoms with E-state index in [4.69, 9.17) is 23.2 Å². The Morgan fingerprint density at radius 1 is 1.10 bits per heavy atom. The van der Waals surface area contributed by atoms with Gasteiger partial charge in [-0.1, -0.05) is 48.7 Å². The maximum absolute atomic E-state index is 6.02. The van der Waals surface area contributed by atoms with Gasteiger partial charge in [0.25, 0.3) is 0 Å². The van der Waals surface area contributed by atoms with E-state index in [1.165, 1.54) is 5.56 Å². The summed E-state index contributed by atoms with van der Waals surface area (Å²) in [5.41, 5.74) is 2.29. The van der Waals surface area contributed by atoms with Gasteiger partial charge in [0.15, 0.2) is 0 Å². The van der Waals surface area contributed by atoms with E-state index in [1.807, 2.05) is 30.3 Å². The minimum Gasteiger partial charge on any atom is -0.378 e. The Balaban J connectivity index is 2.20. The molecule has 1 nitrogen and oxygen atoms in total. The molecule has 0 radical (unpaired) electrons. The second-order valence-electron chi connectivity index (χ2n) is 4.67. The number of hydrogen-bond acceptors (Lipinski definition) is 1. The van der Waals surface area contributed by atoms with Gasteiger partial charge in [0.1, 0.15) is 0 Å². The van der Waals surface area contributed by atoms with Gasteiger partial charge in [0.2, 0.25) is 0 Å². The van der Waals surface area contributed by atoms with Crippen LogP contribution in [0.15, 0.2) is 46.9 Å². The van der Waals surface area contributed by atoms with Crippen molar-refractivity contribution in [3.8, 4) is 0 Å². The van der Waals surface area contributed by atoms with Gasteiger partial charge < -0.3 is 5.32 Å². The predicted octanol–water partition coefficient (Wildman–Crippen LogP) is 6.71. The van der Waals surface area contributed by atoms with Crippen molar-refractivity contribution in [1.82, 2.24) is 0 Å². The van der Waals surface area contributed by atoms with E-state index >= 15 is 0 Å². The first-order valence-electron chi connectivity index (χ1n) is 6.57. The van der Waals surface area contributed by atoms with Crippen molar-refractivity contribution in [3.63, 3.8) is 0 Å². The summed E-state index contributed by atoms with van der Waals surface area (Å²) in [4.78, 5) is 0. The summed E-state index contributed by atoms with van der Waals surface area (Å²) in [6.45, 7) is 2.18. The number of benzene rings is 2. The van der Waals surface area contributed by atoms with Crippen LogP contribution in [0.2, 0.25) is 10.0 Å². The molecule has 0 fully saturated rings. The molecule has 0 aliphatic rings. The summed E-state index contributed by atoms with van der Waals surface area (Å²) < 4.78 is 0.899. The number of anilines is 1. The van der Waals surface area contributed by atoms with E-state index in [0.717, 1.165) is 28.0 Å².